The molecule has 1 aromatic carbocycles. The minimum absolute atomic E-state index is 0.0639. The Kier molecular flexibility index (Phi) is 5.28. The Bertz CT molecular complexity index is 1090. The van der Waals surface area contributed by atoms with Crippen LogP contribution in [-0.2, 0) is 12.4 Å². The summed E-state index contributed by atoms with van der Waals surface area (Å²) in [6, 6.07) is 1.06. The Morgan fingerprint density at radius 3 is 2.42 bits per heavy atom. The third-order valence-electron chi connectivity index (χ3n) is 5.31. The van der Waals surface area contributed by atoms with E-state index in [1.807, 2.05) is 0 Å². The highest BCUT2D eigenvalue weighted by Crippen LogP contribution is 2.41. The summed E-state index contributed by atoms with van der Waals surface area (Å²) in [5, 5.41) is 21.0. The number of alkyl halides is 6. The van der Waals surface area contributed by atoms with E-state index in [2.05, 4.69) is 20.5 Å². The standard InChI is InChI=1S/C19H17F6N5O/c20-18(21,22)10-5-6-11(12(7-10)19(23,24)25)16-14-8-26-9-30(14)17(29-28-16)27-13-3-1-2-4-15(13)31/h5-9,13,15,31H,1-4H2,(H,27,29)/t13-,15-/m0/s1. The lowest BCUT2D eigenvalue weighted by Crippen LogP contribution is -2.37. The molecular formula is C19H17F6N5O. The number of nitrogens with zero attached hydrogens (tertiary/aromatic N) is 4. The number of aliphatic hydroxyl groups is 1. The van der Waals surface area contributed by atoms with Crippen molar-refractivity contribution in [2.24, 2.45) is 0 Å². The fourth-order valence-electron chi connectivity index (χ4n) is 3.73. The first kappa shape index (κ1) is 21.3. The lowest BCUT2D eigenvalue weighted by atomic mass is 9.93. The number of imidazole rings is 1. The number of fused-ring (bicyclic) bond motifs is 1. The van der Waals surface area contributed by atoms with Gasteiger partial charge in [-0.05, 0) is 25.0 Å². The van der Waals surface area contributed by atoms with E-state index < -0.39 is 35.1 Å². The van der Waals surface area contributed by atoms with Crippen LogP contribution in [0.25, 0.3) is 16.8 Å². The highest BCUT2D eigenvalue weighted by molar-refractivity contribution is 5.79. The molecule has 2 N–H and O–H groups in total. The molecule has 0 saturated heterocycles. The van der Waals surface area contributed by atoms with E-state index in [0.717, 1.165) is 18.9 Å². The maximum absolute atomic E-state index is 13.6. The van der Waals surface area contributed by atoms with Crippen molar-refractivity contribution in [1.82, 2.24) is 19.6 Å². The highest BCUT2D eigenvalue weighted by Gasteiger charge is 2.39. The Morgan fingerprint density at radius 1 is 1.00 bits per heavy atom. The predicted molar refractivity (Wildman–Crippen MR) is 98.1 cm³/mol. The molecule has 1 aliphatic carbocycles. The van der Waals surface area contributed by atoms with Gasteiger partial charge in [0.25, 0.3) is 0 Å². The molecule has 1 saturated carbocycles. The number of hydrogen-bond acceptors (Lipinski definition) is 5. The quantitative estimate of drug-likeness (QED) is 0.579. The molecule has 0 amide bonds. The average Bonchev–Trinajstić information content (AvgIpc) is 3.18. The van der Waals surface area contributed by atoms with Crippen LogP contribution in [0.4, 0.5) is 32.3 Å². The molecule has 12 heteroatoms. The van der Waals surface area contributed by atoms with Gasteiger partial charge in [-0.25, -0.2) is 4.98 Å². The summed E-state index contributed by atoms with van der Waals surface area (Å²) in [4.78, 5) is 3.93. The maximum atomic E-state index is 13.6. The molecule has 0 aliphatic heterocycles. The molecule has 0 unspecified atom stereocenters. The van der Waals surface area contributed by atoms with Crippen molar-refractivity contribution in [1.29, 1.82) is 0 Å². The zero-order valence-corrected chi connectivity index (χ0v) is 15.9. The number of rotatable bonds is 3. The second-order valence-corrected chi connectivity index (χ2v) is 7.38. The summed E-state index contributed by atoms with van der Waals surface area (Å²) in [6.45, 7) is 0. The summed E-state index contributed by atoms with van der Waals surface area (Å²) in [5.74, 6) is 0.169. The van der Waals surface area contributed by atoms with Crippen LogP contribution < -0.4 is 5.32 Å². The molecule has 1 fully saturated rings. The molecule has 3 aromatic rings. The Morgan fingerprint density at radius 2 is 1.74 bits per heavy atom. The van der Waals surface area contributed by atoms with Crippen LogP contribution >= 0.6 is 0 Å². The van der Waals surface area contributed by atoms with E-state index in [-0.39, 0.29) is 29.3 Å². The summed E-state index contributed by atoms with van der Waals surface area (Å²) < 4.78 is 81.0. The van der Waals surface area contributed by atoms with Gasteiger partial charge in [0.15, 0.2) is 0 Å². The van der Waals surface area contributed by atoms with Crippen molar-refractivity contribution >= 4 is 11.5 Å². The van der Waals surface area contributed by atoms with E-state index >= 15 is 0 Å². The van der Waals surface area contributed by atoms with E-state index in [9.17, 15) is 31.4 Å². The summed E-state index contributed by atoms with van der Waals surface area (Å²) in [5.41, 5.74) is -3.54. The summed E-state index contributed by atoms with van der Waals surface area (Å²) in [7, 11) is 0. The molecule has 166 valence electrons. The van der Waals surface area contributed by atoms with Crippen LogP contribution in [0.5, 0.6) is 0 Å². The number of nitrogens with one attached hydrogen (secondary N) is 1. The molecule has 0 radical (unpaired) electrons. The van der Waals surface area contributed by atoms with E-state index in [4.69, 9.17) is 0 Å². The smallest absolute Gasteiger partial charge is 0.391 e. The largest absolute Gasteiger partial charge is 0.417 e. The number of benzene rings is 1. The summed E-state index contributed by atoms with van der Waals surface area (Å²) in [6.07, 6.45) is -4.95. The zero-order chi connectivity index (χ0) is 22.4. The Labute approximate surface area is 171 Å². The third-order valence-corrected chi connectivity index (χ3v) is 5.31. The molecule has 31 heavy (non-hydrogen) atoms. The second kappa shape index (κ2) is 7.66. The lowest BCUT2D eigenvalue weighted by Gasteiger charge is -2.28. The van der Waals surface area contributed by atoms with Gasteiger partial charge in [-0.1, -0.05) is 18.9 Å². The van der Waals surface area contributed by atoms with Crippen LogP contribution in [0, 0.1) is 0 Å². The van der Waals surface area contributed by atoms with Crippen LogP contribution in [-0.4, -0.2) is 36.8 Å². The fraction of sp³-hybridized carbons (Fsp3) is 0.421. The van der Waals surface area contributed by atoms with Crippen LogP contribution in [0.2, 0.25) is 0 Å². The van der Waals surface area contributed by atoms with Gasteiger partial charge in [0, 0.05) is 5.56 Å². The lowest BCUT2D eigenvalue weighted by molar-refractivity contribution is -0.142. The van der Waals surface area contributed by atoms with Gasteiger partial charge >= 0.3 is 12.4 Å². The average molecular weight is 445 g/mol. The van der Waals surface area contributed by atoms with Crippen molar-refractivity contribution in [2.45, 2.75) is 50.2 Å². The van der Waals surface area contributed by atoms with Gasteiger partial charge in [-0.15, -0.1) is 10.2 Å². The second-order valence-electron chi connectivity index (χ2n) is 7.38. The van der Waals surface area contributed by atoms with Crippen LogP contribution in [0.3, 0.4) is 0 Å². The molecule has 4 rings (SSSR count). The predicted octanol–water partition coefficient (Wildman–Crippen LogP) is 4.54. The first-order valence-corrected chi connectivity index (χ1v) is 9.48. The Balaban J connectivity index is 1.80. The highest BCUT2D eigenvalue weighted by atomic mass is 19.4. The number of aromatic nitrogens is 4. The van der Waals surface area contributed by atoms with Gasteiger partial charge in [-0.3, -0.25) is 4.40 Å². The van der Waals surface area contributed by atoms with Crippen molar-refractivity contribution in [2.75, 3.05) is 5.32 Å². The van der Waals surface area contributed by atoms with Gasteiger partial charge < -0.3 is 10.4 Å². The molecule has 2 heterocycles. The molecule has 2 atom stereocenters. The Hall–Kier alpha value is -2.89. The minimum atomic E-state index is -5.04. The normalized spacial score (nSPS) is 20.2. The SMILES string of the molecule is O[C@H]1CCCC[C@@H]1Nc1nnc(-c2ccc(C(F)(F)F)cc2C(F)(F)F)c2cncn12. The van der Waals surface area contributed by atoms with Gasteiger partial charge in [0.2, 0.25) is 5.95 Å². The topological polar surface area (TPSA) is 75.3 Å². The van der Waals surface area contributed by atoms with Crippen molar-refractivity contribution < 1.29 is 31.4 Å². The third kappa shape index (κ3) is 4.16. The number of anilines is 1. The zero-order valence-electron chi connectivity index (χ0n) is 15.9. The monoisotopic (exact) mass is 445 g/mol. The van der Waals surface area contributed by atoms with E-state index in [1.165, 1.54) is 16.9 Å². The number of halogens is 6. The molecule has 0 bridgehead atoms. The number of aliphatic hydroxyl groups excluding tert-OH is 1. The van der Waals surface area contributed by atoms with Crippen LogP contribution in [0.1, 0.15) is 36.8 Å². The van der Waals surface area contributed by atoms with Crippen molar-refractivity contribution in [3.8, 4) is 11.3 Å². The van der Waals surface area contributed by atoms with E-state index in [1.54, 1.807) is 0 Å². The first-order valence-electron chi connectivity index (χ1n) is 9.48. The maximum Gasteiger partial charge on any atom is 0.417 e. The molecule has 1 aliphatic rings. The molecule has 2 aromatic heterocycles. The van der Waals surface area contributed by atoms with Gasteiger partial charge in [0.05, 0.1) is 35.0 Å². The fourth-order valence-corrected chi connectivity index (χ4v) is 3.73. The minimum Gasteiger partial charge on any atom is -0.391 e. The van der Waals surface area contributed by atoms with Crippen LogP contribution in [0.15, 0.2) is 30.7 Å². The van der Waals surface area contributed by atoms with Crippen molar-refractivity contribution in [3.05, 3.63) is 41.9 Å². The van der Waals surface area contributed by atoms with E-state index in [0.29, 0.717) is 18.9 Å². The summed E-state index contributed by atoms with van der Waals surface area (Å²) >= 11 is 0. The molecule has 6 nitrogen and oxygen atoms in total. The van der Waals surface area contributed by atoms with Gasteiger partial charge in [-0.2, -0.15) is 26.3 Å². The molecular weight excluding hydrogens is 428 g/mol. The first-order chi connectivity index (χ1) is 14.6. The van der Waals surface area contributed by atoms with Crippen molar-refractivity contribution in [3.63, 3.8) is 0 Å². The molecule has 0 spiro atoms. The number of hydrogen-bond donors (Lipinski definition) is 2. The van der Waals surface area contributed by atoms with Gasteiger partial charge in [0.1, 0.15) is 12.0 Å².